The van der Waals surface area contributed by atoms with Crippen molar-refractivity contribution in [2.24, 2.45) is 5.92 Å². The van der Waals surface area contributed by atoms with Crippen LogP contribution in [0.15, 0.2) is 72.8 Å². The highest BCUT2D eigenvalue weighted by atomic mass is 32.2. The zero-order chi connectivity index (χ0) is 41.6. The number of hydrogen-bond donors (Lipinski definition) is 3. The average Bonchev–Trinajstić information content (AvgIpc) is 3.12. The Bertz CT molecular complexity index is 1960. The standard InChI is InChI=1S/C37H39F4NO13S/c1-21(43)52-19-36(49,20-53-22(2)44)34(47)31(46)18-24-4-6-26(7-5-24)33-30(16-17-32(54-23(3)45)25-8-10-27(38)11-9-25)35(48)42(33)28-12-14-29(15-13-28)55-56(50,51)37(39,40)41/h4-15,30-34,46-47,49H,16-20H2,1-3H3/t30?,31?,32-,33+,34?/m0/s1. The first-order chi connectivity index (χ1) is 26.1. The molecule has 0 radical (unpaired) electrons. The zero-order valence-electron chi connectivity index (χ0n) is 30.1. The largest absolute Gasteiger partial charge is 0.534 e. The van der Waals surface area contributed by atoms with E-state index in [0.717, 1.165) is 26.0 Å². The van der Waals surface area contributed by atoms with Crippen LogP contribution >= 0.6 is 0 Å². The summed E-state index contributed by atoms with van der Waals surface area (Å²) in [5, 5.41) is 32.7. The van der Waals surface area contributed by atoms with Gasteiger partial charge in [-0.15, -0.1) is 0 Å². The van der Waals surface area contributed by atoms with Crippen LogP contribution in [-0.4, -0.2) is 84.1 Å². The molecule has 1 fully saturated rings. The fourth-order valence-electron chi connectivity index (χ4n) is 6.07. The molecule has 0 aliphatic carbocycles. The summed E-state index contributed by atoms with van der Waals surface area (Å²) in [5.41, 5.74) is -6.44. The van der Waals surface area contributed by atoms with E-state index < -0.39 is 100 Å². The number of amides is 1. The van der Waals surface area contributed by atoms with E-state index in [0.29, 0.717) is 16.7 Å². The molecular formula is C37H39F4NO13S. The summed E-state index contributed by atoms with van der Waals surface area (Å²) in [6, 6.07) is 15.1. The lowest BCUT2D eigenvalue weighted by Crippen LogP contribution is -2.56. The molecular weight excluding hydrogens is 774 g/mol. The lowest BCUT2D eigenvalue weighted by Gasteiger charge is -2.48. The summed E-state index contributed by atoms with van der Waals surface area (Å²) in [6.07, 6.45) is -4.48. The number of esters is 3. The van der Waals surface area contributed by atoms with Gasteiger partial charge in [-0.1, -0.05) is 36.4 Å². The van der Waals surface area contributed by atoms with Gasteiger partial charge in [0.25, 0.3) is 0 Å². The highest BCUT2D eigenvalue weighted by Crippen LogP contribution is 2.47. The van der Waals surface area contributed by atoms with Gasteiger partial charge < -0.3 is 38.6 Å². The fraction of sp³-hybridized carbons (Fsp3) is 0.405. The maximum Gasteiger partial charge on any atom is 0.534 e. The van der Waals surface area contributed by atoms with Crippen molar-refractivity contribution >= 4 is 39.6 Å². The molecule has 0 saturated carbocycles. The smallest absolute Gasteiger partial charge is 0.463 e. The maximum atomic E-state index is 13.7. The van der Waals surface area contributed by atoms with Crippen LogP contribution in [0.4, 0.5) is 23.2 Å². The molecule has 4 rings (SSSR count). The van der Waals surface area contributed by atoms with Crippen molar-refractivity contribution in [1.82, 2.24) is 0 Å². The van der Waals surface area contributed by atoms with Crippen LogP contribution in [0.25, 0.3) is 0 Å². The minimum Gasteiger partial charge on any atom is -0.463 e. The Kier molecular flexibility index (Phi) is 13.8. The maximum absolute atomic E-state index is 13.7. The molecule has 3 aromatic carbocycles. The first kappa shape index (κ1) is 43.6. The van der Waals surface area contributed by atoms with Crippen molar-refractivity contribution < 1.29 is 78.9 Å². The Labute approximate surface area is 318 Å². The van der Waals surface area contributed by atoms with Crippen LogP contribution in [0, 0.1) is 11.7 Å². The van der Waals surface area contributed by atoms with Gasteiger partial charge in [-0.3, -0.25) is 19.2 Å². The molecule has 304 valence electrons. The van der Waals surface area contributed by atoms with Crippen LogP contribution < -0.4 is 9.08 Å². The number of nitrogens with zero attached hydrogens (tertiary/aromatic N) is 1. The highest BCUT2D eigenvalue weighted by Gasteiger charge is 2.50. The molecule has 14 nitrogen and oxygen atoms in total. The second-order valence-corrected chi connectivity index (χ2v) is 14.6. The third kappa shape index (κ3) is 10.8. The molecule has 0 aromatic heterocycles. The van der Waals surface area contributed by atoms with Crippen molar-refractivity contribution in [3.05, 3.63) is 95.3 Å². The number of carbonyl (C=O) groups excluding carboxylic acids is 4. The molecule has 1 amide bonds. The van der Waals surface area contributed by atoms with Gasteiger partial charge in [-0.2, -0.15) is 21.6 Å². The first-order valence-electron chi connectivity index (χ1n) is 16.9. The number of rotatable bonds is 17. The minimum absolute atomic E-state index is 0.125. The second kappa shape index (κ2) is 17.8. The number of benzene rings is 3. The predicted molar refractivity (Wildman–Crippen MR) is 186 cm³/mol. The second-order valence-electron chi connectivity index (χ2n) is 13.1. The van der Waals surface area contributed by atoms with E-state index in [4.69, 9.17) is 14.2 Å². The topological polar surface area (TPSA) is 203 Å². The molecule has 0 bridgehead atoms. The summed E-state index contributed by atoms with van der Waals surface area (Å²) in [6.45, 7) is 1.70. The molecule has 1 aliphatic rings. The van der Waals surface area contributed by atoms with Gasteiger partial charge in [0.1, 0.15) is 37.0 Å². The summed E-state index contributed by atoms with van der Waals surface area (Å²) in [5.74, 6) is -4.60. The molecule has 56 heavy (non-hydrogen) atoms. The van der Waals surface area contributed by atoms with E-state index in [9.17, 15) is 60.5 Å². The number of alkyl halides is 3. The number of β-lactam (4-membered cyclic amide) rings is 1. The quantitative estimate of drug-likeness (QED) is 0.0442. The van der Waals surface area contributed by atoms with E-state index in [1.807, 2.05) is 0 Å². The number of aliphatic hydroxyl groups excluding tert-OH is 2. The van der Waals surface area contributed by atoms with Gasteiger partial charge in [0.05, 0.1) is 18.1 Å². The number of carbonyl (C=O) groups is 4. The average molecular weight is 814 g/mol. The Morgan fingerprint density at radius 1 is 0.839 bits per heavy atom. The van der Waals surface area contributed by atoms with Crippen molar-refractivity contribution in [3.8, 4) is 5.75 Å². The van der Waals surface area contributed by atoms with Gasteiger partial charge >= 0.3 is 33.5 Å². The molecule has 0 spiro atoms. The number of halogens is 4. The summed E-state index contributed by atoms with van der Waals surface area (Å²) in [7, 11) is -5.96. The van der Waals surface area contributed by atoms with Crippen LogP contribution in [0.5, 0.6) is 5.75 Å². The van der Waals surface area contributed by atoms with Crippen molar-refractivity contribution in [1.29, 1.82) is 0 Å². The van der Waals surface area contributed by atoms with Crippen LogP contribution in [0.1, 0.15) is 62.4 Å². The van der Waals surface area contributed by atoms with E-state index in [1.165, 1.54) is 48.2 Å². The van der Waals surface area contributed by atoms with Crippen LogP contribution in [0.2, 0.25) is 0 Å². The Hall–Kier alpha value is -5.11. The molecule has 5 atom stereocenters. The molecule has 3 unspecified atom stereocenters. The van der Waals surface area contributed by atoms with Gasteiger partial charge in [-0.25, -0.2) is 4.39 Å². The van der Waals surface area contributed by atoms with Crippen LogP contribution in [0.3, 0.4) is 0 Å². The molecule has 3 N–H and O–H groups in total. The highest BCUT2D eigenvalue weighted by molar-refractivity contribution is 7.88. The van der Waals surface area contributed by atoms with Gasteiger partial charge in [0, 0.05) is 32.9 Å². The molecule has 1 heterocycles. The van der Waals surface area contributed by atoms with E-state index >= 15 is 0 Å². The number of aliphatic hydroxyl groups is 3. The normalized spacial score (nSPS) is 17.6. The van der Waals surface area contributed by atoms with Crippen molar-refractivity contribution in [3.63, 3.8) is 0 Å². The van der Waals surface area contributed by atoms with E-state index in [2.05, 4.69) is 4.18 Å². The first-order valence-corrected chi connectivity index (χ1v) is 18.3. The van der Waals surface area contributed by atoms with Crippen molar-refractivity contribution in [2.45, 2.75) is 75.5 Å². The third-order valence-electron chi connectivity index (χ3n) is 8.84. The third-order valence-corrected chi connectivity index (χ3v) is 9.82. The van der Waals surface area contributed by atoms with Crippen molar-refractivity contribution in [2.75, 3.05) is 18.1 Å². The Morgan fingerprint density at radius 2 is 1.39 bits per heavy atom. The summed E-state index contributed by atoms with van der Waals surface area (Å²) >= 11 is 0. The fourth-order valence-corrected chi connectivity index (χ4v) is 6.52. The zero-order valence-corrected chi connectivity index (χ0v) is 31.0. The van der Waals surface area contributed by atoms with Crippen LogP contribution in [-0.2, 0) is 49.9 Å². The number of hydrogen-bond acceptors (Lipinski definition) is 13. The SMILES string of the molecule is CC(=O)OCC(O)(COC(C)=O)C(O)C(O)Cc1ccc([C@@H]2C(CC[C@H](OC(C)=O)c3ccc(F)cc3)C(=O)N2c2ccc(OS(=O)(=O)C(F)(F)F)cc2)cc1. The lowest BCUT2D eigenvalue weighted by molar-refractivity contribution is -0.190. The molecule has 1 aliphatic heterocycles. The van der Waals surface area contributed by atoms with Gasteiger partial charge in [0.15, 0.2) is 5.60 Å². The molecule has 1 saturated heterocycles. The molecule has 3 aromatic rings. The monoisotopic (exact) mass is 813 g/mol. The summed E-state index contributed by atoms with van der Waals surface area (Å²) in [4.78, 5) is 49.7. The van der Waals surface area contributed by atoms with E-state index in [-0.39, 0.29) is 24.9 Å². The minimum atomic E-state index is -5.96. The van der Waals surface area contributed by atoms with Gasteiger partial charge in [0.2, 0.25) is 5.91 Å². The number of anilines is 1. The lowest BCUT2D eigenvalue weighted by atomic mass is 9.78. The van der Waals surface area contributed by atoms with Gasteiger partial charge in [-0.05, 0) is 65.9 Å². The predicted octanol–water partition coefficient (Wildman–Crippen LogP) is 3.96. The summed E-state index contributed by atoms with van der Waals surface area (Å²) < 4.78 is 94.5. The Balaban J connectivity index is 1.60. The number of ether oxygens (including phenoxy) is 3. The Morgan fingerprint density at radius 3 is 1.89 bits per heavy atom. The molecule has 19 heteroatoms. The van der Waals surface area contributed by atoms with E-state index in [1.54, 1.807) is 24.3 Å².